The van der Waals surface area contributed by atoms with Crippen molar-refractivity contribution in [1.29, 1.82) is 0 Å². The van der Waals surface area contributed by atoms with Gasteiger partial charge in [0.15, 0.2) is 0 Å². The Balaban J connectivity index is 1.35. The van der Waals surface area contributed by atoms with E-state index in [0.29, 0.717) is 17.9 Å². The second kappa shape index (κ2) is 7.12. The van der Waals surface area contributed by atoms with E-state index in [0.717, 1.165) is 43.6 Å². The van der Waals surface area contributed by atoms with Crippen LogP contribution in [-0.2, 0) is 0 Å². The lowest BCUT2D eigenvalue weighted by Crippen LogP contribution is -2.47. The lowest BCUT2D eigenvalue weighted by molar-refractivity contribution is 0.0664. The van der Waals surface area contributed by atoms with Gasteiger partial charge in [-0.25, -0.2) is 0 Å². The molecule has 2 aromatic rings. The maximum Gasteiger partial charge on any atom is 0.253 e. The molecule has 4 nitrogen and oxygen atoms in total. The molecule has 0 spiro atoms. The fraction of sp³-hybridized carbons (Fsp3) is 0.500. The number of nitrogens with zero attached hydrogens (tertiary/aromatic N) is 2. The highest BCUT2D eigenvalue weighted by atomic mass is 16.2. The van der Waals surface area contributed by atoms with Crippen molar-refractivity contribution in [2.24, 2.45) is 17.8 Å². The molecule has 30 heavy (non-hydrogen) atoms. The van der Waals surface area contributed by atoms with Crippen molar-refractivity contribution in [3.8, 4) is 0 Å². The van der Waals surface area contributed by atoms with Crippen LogP contribution in [0.5, 0.6) is 0 Å². The van der Waals surface area contributed by atoms with Crippen molar-refractivity contribution in [3.63, 3.8) is 0 Å². The molecule has 0 radical (unpaired) electrons. The van der Waals surface area contributed by atoms with Crippen molar-refractivity contribution < 1.29 is 4.79 Å². The molecule has 4 heteroatoms. The third kappa shape index (κ3) is 2.88. The number of fused-ring (bicyclic) bond motifs is 7. The summed E-state index contributed by atoms with van der Waals surface area (Å²) in [7, 11) is 2.13. The van der Waals surface area contributed by atoms with E-state index in [1.807, 2.05) is 11.0 Å². The van der Waals surface area contributed by atoms with Crippen LogP contribution in [0.4, 0.5) is 5.69 Å². The highest BCUT2D eigenvalue weighted by Gasteiger charge is 2.53. The Morgan fingerprint density at radius 3 is 2.53 bits per heavy atom. The molecule has 3 fully saturated rings. The first-order valence-electron chi connectivity index (χ1n) is 11.6. The number of likely N-dealkylation sites (N-methyl/N-ethyl adjacent to an activating group) is 1. The van der Waals surface area contributed by atoms with Crippen LogP contribution < -0.4 is 5.32 Å². The van der Waals surface area contributed by atoms with Crippen LogP contribution in [0.15, 0.2) is 48.5 Å². The molecule has 6 rings (SSSR count). The monoisotopic (exact) mass is 401 g/mol. The minimum Gasteiger partial charge on any atom is -0.378 e. The number of anilines is 1. The van der Waals surface area contributed by atoms with E-state index < -0.39 is 0 Å². The van der Waals surface area contributed by atoms with Gasteiger partial charge in [0, 0.05) is 37.4 Å². The van der Waals surface area contributed by atoms with Gasteiger partial charge in [0.05, 0.1) is 6.04 Å². The van der Waals surface area contributed by atoms with Crippen molar-refractivity contribution in [2.45, 2.75) is 31.2 Å². The number of hydrogen-bond acceptors (Lipinski definition) is 3. The molecule has 156 valence electrons. The summed E-state index contributed by atoms with van der Waals surface area (Å²) >= 11 is 0. The smallest absolute Gasteiger partial charge is 0.253 e. The number of benzene rings is 2. The zero-order chi connectivity index (χ0) is 20.2. The van der Waals surface area contributed by atoms with Gasteiger partial charge < -0.3 is 15.1 Å². The normalized spacial score (nSPS) is 32.4. The molecular weight excluding hydrogens is 370 g/mol. The van der Waals surface area contributed by atoms with E-state index >= 15 is 0 Å². The lowest BCUT2D eigenvalue weighted by Gasteiger charge is -2.43. The predicted octanol–water partition coefficient (Wildman–Crippen LogP) is 4.37. The summed E-state index contributed by atoms with van der Waals surface area (Å²) in [5.74, 6) is 3.03. The average molecular weight is 402 g/mol. The van der Waals surface area contributed by atoms with E-state index in [-0.39, 0.29) is 5.91 Å². The highest BCUT2D eigenvalue weighted by molar-refractivity contribution is 5.95. The van der Waals surface area contributed by atoms with E-state index in [1.54, 1.807) is 0 Å². The standard InChI is InChI=1S/C26H31N3O/c1-28-11-13-29(14-12-28)26(30)20-9-10-22-21(16-20)23-18-7-8-19(15-18)24(23)25(27-22)17-5-3-2-4-6-17/h2-6,9-10,16,18-19,23-25,27H,7-8,11-15H2,1H3/t18-,19-,23-,24+,25-/m0/s1. The first kappa shape index (κ1) is 18.4. The number of nitrogens with one attached hydrogen (secondary N) is 1. The number of rotatable bonds is 2. The summed E-state index contributed by atoms with van der Waals surface area (Å²) in [4.78, 5) is 17.5. The van der Waals surface area contributed by atoms with Crippen LogP contribution >= 0.6 is 0 Å². The summed E-state index contributed by atoms with van der Waals surface area (Å²) in [5, 5.41) is 3.89. The van der Waals surface area contributed by atoms with Crippen LogP contribution in [0.25, 0.3) is 0 Å². The number of amides is 1. The van der Waals surface area contributed by atoms with Crippen molar-refractivity contribution in [2.75, 3.05) is 38.5 Å². The molecule has 5 atom stereocenters. The zero-order valence-corrected chi connectivity index (χ0v) is 17.8. The van der Waals surface area contributed by atoms with Crippen LogP contribution in [0.3, 0.4) is 0 Å². The van der Waals surface area contributed by atoms with Gasteiger partial charge >= 0.3 is 0 Å². The molecular formula is C26H31N3O. The SMILES string of the molecule is CN1CCN(C(=O)c2ccc3c(c2)[C@@H]2[C@H]4CC[C@@H](C4)[C@H]2[C@H](c2ccccc2)N3)CC1. The zero-order valence-electron chi connectivity index (χ0n) is 17.8. The fourth-order valence-electron chi connectivity index (χ4n) is 6.80. The maximum atomic E-state index is 13.2. The molecule has 1 amide bonds. The molecule has 2 bridgehead atoms. The number of carbonyl (C=O) groups is 1. The Morgan fingerprint density at radius 1 is 0.967 bits per heavy atom. The molecule has 0 unspecified atom stereocenters. The van der Waals surface area contributed by atoms with Gasteiger partial charge in [-0.2, -0.15) is 0 Å². The number of carbonyl (C=O) groups excluding carboxylic acids is 1. The first-order chi connectivity index (χ1) is 14.7. The van der Waals surface area contributed by atoms with Crippen LogP contribution in [0.2, 0.25) is 0 Å². The molecule has 2 aliphatic carbocycles. The Hall–Kier alpha value is -2.33. The van der Waals surface area contributed by atoms with Gasteiger partial charge in [-0.15, -0.1) is 0 Å². The van der Waals surface area contributed by atoms with Crippen molar-refractivity contribution >= 4 is 11.6 Å². The largest absolute Gasteiger partial charge is 0.378 e. The molecule has 0 aromatic heterocycles. The van der Waals surface area contributed by atoms with E-state index in [1.165, 1.54) is 36.1 Å². The molecule has 1 N–H and O–H groups in total. The minimum absolute atomic E-state index is 0.204. The van der Waals surface area contributed by atoms with Gasteiger partial charge in [-0.05, 0) is 79.3 Å². The molecule has 2 aromatic carbocycles. The minimum atomic E-state index is 0.204. The molecule has 2 saturated carbocycles. The quantitative estimate of drug-likeness (QED) is 0.812. The Bertz CT molecular complexity index is 950. The predicted molar refractivity (Wildman–Crippen MR) is 120 cm³/mol. The molecule has 4 aliphatic rings. The second-order valence-corrected chi connectivity index (χ2v) is 9.87. The van der Waals surface area contributed by atoms with Crippen LogP contribution in [0, 0.1) is 17.8 Å². The van der Waals surface area contributed by atoms with E-state index in [2.05, 4.69) is 59.7 Å². The Labute approximate surface area is 179 Å². The van der Waals surface area contributed by atoms with Crippen molar-refractivity contribution in [1.82, 2.24) is 9.80 Å². The summed E-state index contributed by atoms with van der Waals surface area (Å²) in [6, 6.07) is 17.8. The van der Waals surface area contributed by atoms with Gasteiger partial charge in [0.2, 0.25) is 0 Å². The van der Waals surface area contributed by atoms with Crippen molar-refractivity contribution in [3.05, 3.63) is 65.2 Å². The van der Waals surface area contributed by atoms with Crippen LogP contribution in [0.1, 0.15) is 52.7 Å². The fourth-order valence-corrected chi connectivity index (χ4v) is 6.80. The summed E-state index contributed by atoms with van der Waals surface area (Å²) in [6.45, 7) is 3.59. The maximum absolute atomic E-state index is 13.2. The highest BCUT2D eigenvalue weighted by Crippen LogP contribution is 2.63. The second-order valence-electron chi connectivity index (χ2n) is 9.87. The Kier molecular flexibility index (Phi) is 4.38. The third-order valence-electron chi connectivity index (χ3n) is 8.28. The Morgan fingerprint density at radius 2 is 1.73 bits per heavy atom. The van der Waals surface area contributed by atoms with Crippen LogP contribution in [-0.4, -0.2) is 48.9 Å². The van der Waals surface area contributed by atoms with Gasteiger partial charge in [0.25, 0.3) is 5.91 Å². The average Bonchev–Trinajstić information content (AvgIpc) is 3.42. The molecule has 2 aliphatic heterocycles. The molecule has 1 saturated heterocycles. The third-order valence-corrected chi connectivity index (χ3v) is 8.28. The molecule has 2 heterocycles. The van der Waals surface area contributed by atoms with E-state index in [4.69, 9.17) is 0 Å². The summed E-state index contributed by atoms with van der Waals surface area (Å²) in [5.41, 5.74) is 4.93. The first-order valence-corrected chi connectivity index (χ1v) is 11.6. The van der Waals surface area contributed by atoms with Gasteiger partial charge in [0.1, 0.15) is 0 Å². The lowest BCUT2D eigenvalue weighted by atomic mass is 9.68. The topological polar surface area (TPSA) is 35.6 Å². The number of piperazine rings is 1. The summed E-state index contributed by atoms with van der Waals surface area (Å²) < 4.78 is 0. The van der Waals surface area contributed by atoms with Gasteiger partial charge in [-0.1, -0.05) is 30.3 Å². The van der Waals surface area contributed by atoms with E-state index in [9.17, 15) is 4.79 Å². The summed E-state index contributed by atoms with van der Waals surface area (Å²) in [6.07, 6.45) is 4.08. The number of hydrogen-bond donors (Lipinski definition) is 1. The van der Waals surface area contributed by atoms with Gasteiger partial charge in [-0.3, -0.25) is 4.79 Å².